The third-order valence-corrected chi connectivity index (χ3v) is 5.91. The molecule has 0 spiro atoms. The summed E-state index contributed by atoms with van der Waals surface area (Å²) in [6.07, 6.45) is 3.77. The summed E-state index contributed by atoms with van der Waals surface area (Å²) < 4.78 is 3.07. The summed E-state index contributed by atoms with van der Waals surface area (Å²) in [5.74, 6) is -0.397. The summed E-state index contributed by atoms with van der Waals surface area (Å²) in [5, 5.41) is 16.4. The van der Waals surface area contributed by atoms with Gasteiger partial charge in [-0.25, -0.2) is 4.52 Å². The zero-order valence-corrected chi connectivity index (χ0v) is 18.8. The van der Waals surface area contributed by atoms with Gasteiger partial charge in [0.15, 0.2) is 11.5 Å². The van der Waals surface area contributed by atoms with Crippen LogP contribution in [0, 0.1) is 0 Å². The second kappa shape index (κ2) is 8.43. The van der Waals surface area contributed by atoms with Crippen molar-refractivity contribution in [3.05, 3.63) is 94.2 Å². The minimum Gasteiger partial charge on any atom is -0.381 e. The predicted molar refractivity (Wildman–Crippen MR) is 130 cm³/mol. The van der Waals surface area contributed by atoms with Gasteiger partial charge in [0, 0.05) is 11.4 Å². The summed E-state index contributed by atoms with van der Waals surface area (Å²) in [6, 6.07) is 16.7. The predicted octanol–water partition coefficient (Wildman–Crippen LogP) is 3.06. The van der Waals surface area contributed by atoms with E-state index >= 15 is 0 Å². The molecule has 170 valence electrons. The van der Waals surface area contributed by atoms with Crippen LogP contribution in [0.15, 0.2) is 71.8 Å². The molecule has 0 saturated heterocycles. The number of aryl methyl sites for hydroxylation is 1. The molecule has 1 amide bonds. The van der Waals surface area contributed by atoms with Crippen molar-refractivity contribution >= 4 is 28.1 Å². The average molecular weight is 454 g/mol. The highest BCUT2D eigenvalue weighted by atomic mass is 16.2. The number of nitrogen functional groups attached to an aromatic ring is 1. The molecule has 5 rings (SSSR count). The van der Waals surface area contributed by atoms with Crippen LogP contribution in [0.5, 0.6) is 0 Å². The topological polar surface area (TPSA) is 120 Å². The number of aromatic nitrogens is 5. The lowest BCUT2D eigenvalue weighted by Gasteiger charge is -2.21. The third kappa shape index (κ3) is 3.47. The normalized spacial score (nSPS) is 12.2. The van der Waals surface area contributed by atoms with E-state index in [0.29, 0.717) is 11.1 Å². The molecule has 3 N–H and O–H groups in total. The van der Waals surface area contributed by atoms with Crippen molar-refractivity contribution in [1.29, 1.82) is 0 Å². The van der Waals surface area contributed by atoms with Crippen LogP contribution in [0.25, 0.3) is 22.1 Å². The molecule has 0 bridgehead atoms. The van der Waals surface area contributed by atoms with E-state index in [9.17, 15) is 9.59 Å². The quantitative estimate of drug-likeness (QED) is 0.422. The van der Waals surface area contributed by atoms with Crippen molar-refractivity contribution < 1.29 is 4.79 Å². The van der Waals surface area contributed by atoms with Crippen LogP contribution < -0.4 is 16.6 Å². The molecule has 0 aliphatic rings. The number of carbonyl (C=O) groups is 1. The molecule has 0 saturated carbocycles. The minimum absolute atomic E-state index is 0.0525. The maximum Gasteiger partial charge on any atom is 0.263 e. The first-order chi connectivity index (χ1) is 16.5. The van der Waals surface area contributed by atoms with Crippen LogP contribution in [0.3, 0.4) is 0 Å². The highest BCUT2D eigenvalue weighted by Crippen LogP contribution is 2.24. The van der Waals surface area contributed by atoms with Crippen molar-refractivity contribution in [2.75, 3.05) is 5.73 Å². The Morgan fingerprint density at radius 2 is 1.94 bits per heavy atom. The number of nitrogens with zero attached hydrogens (tertiary/aromatic N) is 5. The number of anilines is 1. The lowest BCUT2D eigenvalue weighted by atomic mass is 10.0. The number of hydrogen-bond donors (Lipinski definition) is 2. The van der Waals surface area contributed by atoms with Gasteiger partial charge in [-0.3, -0.25) is 14.2 Å². The zero-order valence-electron chi connectivity index (χ0n) is 18.8. The van der Waals surface area contributed by atoms with E-state index < -0.39 is 11.9 Å². The number of fused-ring (bicyclic) bond motifs is 2. The Bertz CT molecular complexity index is 1590. The van der Waals surface area contributed by atoms with Crippen molar-refractivity contribution in [2.45, 2.75) is 26.3 Å². The molecule has 2 aromatic carbocycles. The monoisotopic (exact) mass is 453 g/mol. The van der Waals surface area contributed by atoms with Crippen LogP contribution in [0.1, 0.15) is 41.5 Å². The number of amides is 1. The zero-order chi connectivity index (χ0) is 23.8. The maximum atomic E-state index is 13.8. The van der Waals surface area contributed by atoms with E-state index in [1.807, 2.05) is 68.4 Å². The Labute approximate surface area is 194 Å². The van der Waals surface area contributed by atoms with Gasteiger partial charge in [0.2, 0.25) is 0 Å². The molecule has 1 atom stereocenters. The second-order valence-electron chi connectivity index (χ2n) is 8.02. The number of hydrogen-bond acceptors (Lipinski definition) is 6. The number of nitrogens with one attached hydrogen (secondary N) is 1. The first kappa shape index (κ1) is 21.3. The van der Waals surface area contributed by atoms with Crippen LogP contribution in [0.4, 0.5) is 5.82 Å². The lowest BCUT2D eigenvalue weighted by molar-refractivity contribution is 0.0941. The van der Waals surface area contributed by atoms with Gasteiger partial charge >= 0.3 is 0 Å². The largest absolute Gasteiger partial charge is 0.381 e. The van der Waals surface area contributed by atoms with E-state index in [2.05, 4.69) is 20.6 Å². The smallest absolute Gasteiger partial charge is 0.263 e. The average Bonchev–Trinajstić information content (AvgIpc) is 3.19. The van der Waals surface area contributed by atoms with E-state index in [4.69, 9.17) is 5.73 Å². The molecule has 3 heterocycles. The molecule has 3 aromatic heterocycles. The van der Waals surface area contributed by atoms with E-state index in [1.54, 1.807) is 10.8 Å². The highest BCUT2D eigenvalue weighted by Gasteiger charge is 2.24. The molecule has 9 nitrogen and oxygen atoms in total. The second-order valence-corrected chi connectivity index (χ2v) is 8.02. The van der Waals surface area contributed by atoms with Crippen molar-refractivity contribution in [3.8, 4) is 5.69 Å². The molecule has 0 radical (unpaired) electrons. The molecular formula is C25H23N7O2. The van der Waals surface area contributed by atoms with Crippen molar-refractivity contribution in [1.82, 2.24) is 29.7 Å². The van der Waals surface area contributed by atoms with Gasteiger partial charge in [-0.15, -0.1) is 10.2 Å². The SMILES string of the molecule is CCc1cccc2cc([C@H](C)NC(=O)c3c(N)nn4ccnnc34)n(-c3ccccc3)c(=O)c12. The van der Waals surface area contributed by atoms with Gasteiger partial charge in [-0.1, -0.05) is 43.3 Å². The molecular weight excluding hydrogens is 430 g/mol. The lowest BCUT2D eigenvalue weighted by Crippen LogP contribution is -2.32. The van der Waals surface area contributed by atoms with Gasteiger partial charge in [-0.2, -0.15) is 5.10 Å². The number of para-hydroxylation sites is 1. The molecule has 0 aliphatic heterocycles. The molecule has 0 unspecified atom stereocenters. The maximum absolute atomic E-state index is 13.8. The number of nitrogens with two attached hydrogens (primary N) is 1. The Morgan fingerprint density at radius 1 is 1.15 bits per heavy atom. The molecule has 34 heavy (non-hydrogen) atoms. The summed E-state index contributed by atoms with van der Waals surface area (Å²) in [7, 11) is 0. The van der Waals surface area contributed by atoms with Crippen LogP contribution in [-0.4, -0.2) is 30.3 Å². The van der Waals surface area contributed by atoms with E-state index in [0.717, 1.165) is 23.1 Å². The van der Waals surface area contributed by atoms with Crippen LogP contribution in [0.2, 0.25) is 0 Å². The molecule has 5 aromatic rings. The summed E-state index contributed by atoms with van der Waals surface area (Å²) >= 11 is 0. The van der Waals surface area contributed by atoms with Crippen molar-refractivity contribution in [2.24, 2.45) is 0 Å². The number of benzene rings is 2. The molecule has 0 fully saturated rings. The van der Waals surface area contributed by atoms with Gasteiger partial charge in [0.05, 0.1) is 23.8 Å². The van der Waals surface area contributed by atoms with Gasteiger partial charge in [0.1, 0.15) is 5.56 Å². The van der Waals surface area contributed by atoms with E-state index in [-0.39, 0.29) is 22.6 Å². The number of rotatable bonds is 5. The Balaban J connectivity index is 1.64. The molecule has 0 aliphatic carbocycles. The highest BCUT2D eigenvalue weighted by molar-refractivity contribution is 6.04. The Morgan fingerprint density at radius 3 is 2.71 bits per heavy atom. The fourth-order valence-electron chi connectivity index (χ4n) is 4.29. The minimum atomic E-state index is -0.527. The third-order valence-electron chi connectivity index (χ3n) is 5.91. The molecule has 9 heteroatoms. The van der Waals surface area contributed by atoms with E-state index in [1.165, 1.54) is 10.7 Å². The first-order valence-corrected chi connectivity index (χ1v) is 11.0. The first-order valence-electron chi connectivity index (χ1n) is 11.0. The van der Waals surface area contributed by atoms with Gasteiger partial charge in [-0.05, 0) is 42.5 Å². The van der Waals surface area contributed by atoms with Crippen LogP contribution >= 0.6 is 0 Å². The van der Waals surface area contributed by atoms with Gasteiger partial charge in [0.25, 0.3) is 11.5 Å². The number of pyridine rings is 1. The van der Waals surface area contributed by atoms with Crippen molar-refractivity contribution in [3.63, 3.8) is 0 Å². The summed E-state index contributed by atoms with van der Waals surface area (Å²) in [5.41, 5.74) is 8.62. The standard InChI is InChI=1S/C25H23N7O2/c1-3-16-8-7-9-17-14-19(32(25(34)20(16)17)18-10-5-4-6-11-18)15(2)28-24(33)21-22(26)30-31-13-12-27-29-23(21)31/h4-15H,3H2,1-2H3,(H2,26,30)(H,28,33)/t15-/m0/s1. The summed E-state index contributed by atoms with van der Waals surface area (Å²) in [4.78, 5) is 27.0. The number of carbonyl (C=O) groups excluding carboxylic acids is 1. The Hall–Kier alpha value is -4.53. The fourth-order valence-corrected chi connectivity index (χ4v) is 4.29. The Kier molecular flexibility index (Phi) is 5.29. The van der Waals surface area contributed by atoms with Gasteiger partial charge < -0.3 is 11.1 Å². The van der Waals surface area contributed by atoms with Crippen LogP contribution in [-0.2, 0) is 6.42 Å². The fraction of sp³-hybridized carbons (Fsp3) is 0.160. The summed E-state index contributed by atoms with van der Waals surface area (Å²) in [6.45, 7) is 3.86.